The minimum atomic E-state index is -0.0932. The van der Waals surface area contributed by atoms with Gasteiger partial charge in [0.2, 0.25) is 0 Å². The van der Waals surface area contributed by atoms with Crippen LogP contribution in [0.3, 0.4) is 0 Å². The van der Waals surface area contributed by atoms with Gasteiger partial charge in [0.05, 0.1) is 6.61 Å². The SMILES string of the molecule is C=C(C)c1ccc(C)cc1-c1c(O)cc(CCC)cc1CO. The maximum atomic E-state index is 10.5. The first-order valence-electron chi connectivity index (χ1n) is 7.70. The van der Waals surface area contributed by atoms with Gasteiger partial charge >= 0.3 is 0 Å². The minimum absolute atomic E-state index is 0.0932. The van der Waals surface area contributed by atoms with Crippen molar-refractivity contribution in [1.29, 1.82) is 0 Å². The van der Waals surface area contributed by atoms with Crippen LogP contribution in [0.2, 0.25) is 0 Å². The van der Waals surface area contributed by atoms with Crippen molar-refractivity contribution in [3.8, 4) is 16.9 Å². The molecule has 2 N–H and O–H groups in total. The Labute approximate surface area is 132 Å². The lowest BCUT2D eigenvalue weighted by atomic mass is 9.89. The van der Waals surface area contributed by atoms with Crippen LogP contribution in [-0.4, -0.2) is 10.2 Å². The Hall–Kier alpha value is -2.06. The van der Waals surface area contributed by atoms with Gasteiger partial charge < -0.3 is 10.2 Å². The molecule has 2 aromatic rings. The van der Waals surface area contributed by atoms with Crippen LogP contribution in [0, 0.1) is 6.92 Å². The van der Waals surface area contributed by atoms with E-state index >= 15 is 0 Å². The smallest absolute Gasteiger partial charge is 0.124 e. The van der Waals surface area contributed by atoms with Crippen molar-refractivity contribution < 1.29 is 10.2 Å². The van der Waals surface area contributed by atoms with Crippen LogP contribution < -0.4 is 0 Å². The van der Waals surface area contributed by atoms with Crippen molar-refractivity contribution in [2.45, 2.75) is 40.2 Å². The van der Waals surface area contributed by atoms with E-state index < -0.39 is 0 Å². The summed E-state index contributed by atoms with van der Waals surface area (Å²) in [5.74, 6) is 0.225. The van der Waals surface area contributed by atoms with Crippen LogP contribution in [0.4, 0.5) is 0 Å². The molecular weight excluding hydrogens is 272 g/mol. The average Bonchev–Trinajstić information content (AvgIpc) is 2.46. The lowest BCUT2D eigenvalue weighted by Crippen LogP contribution is -1.97. The summed E-state index contributed by atoms with van der Waals surface area (Å²) < 4.78 is 0. The van der Waals surface area contributed by atoms with E-state index in [1.54, 1.807) is 0 Å². The molecule has 0 atom stereocenters. The lowest BCUT2D eigenvalue weighted by Gasteiger charge is -2.17. The molecular formula is C20H24O2. The van der Waals surface area contributed by atoms with Crippen molar-refractivity contribution in [3.05, 3.63) is 59.2 Å². The molecule has 0 bridgehead atoms. The molecule has 0 radical (unpaired) electrons. The number of aliphatic hydroxyl groups excluding tert-OH is 1. The largest absolute Gasteiger partial charge is 0.507 e. The molecule has 0 spiro atoms. The van der Waals surface area contributed by atoms with Crippen LogP contribution in [0.15, 0.2) is 36.9 Å². The van der Waals surface area contributed by atoms with Crippen LogP contribution in [0.5, 0.6) is 5.75 Å². The van der Waals surface area contributed by atoms with E-state index in [2.05, 4.69) is 13.5 Å². The van der Waals surface area contributed by atoms with Gasteiger partial charge in [0.15, 0.2) is 0 Å². The fourth-order valence-corrected chi connectivity index (χ4v) is 2.86. The van der Waals surface area contributed by atoms with Crippen molar-refractivity contribution in [2.75, 3.05) is 0 Å². The third kappa shape index (κ3) is 3.23. The molecule has 116 valence electrons. The zero-order chi connectivity index (χ0) is 16.3. The molecule has 0 saturated carbocycles. The Morgan fingerprint density at radius 3 is 2.50 bits per heavy atom. The average molecular weight is 296 g/mol. The van der Waals surface area contributed by atoms with Crippen LogP contribution >= 0.6 is 0 Å². The number of rotatable bonds is 5. The molecule has 2 rings (SSSR count). The number of phenolic OH excluding ortho intramolecular Hbond substituents is 1. The summed E-state index contributed by atoms with van der Waals surface area (Å²) in [6.07, 6.45) is 1.90. The number of allylic oxidation sites excluding steroid dienone is 1. The van der Waals surface area contributed by atoms with E-state index in [1.807, 2.05) is 44.2 Å². The van der Waals surface area contributed by atoms with E-state index in [-0.39, 0.29) is 12.4 Å². The first kappa shape index (κ1) is 16.3. The highest BCUT2D eigenvalue weighted by atomic mass is 16.3. The Morgan fingerprint density at radius 1 is 1.18 bits per heavy atom. The Bertz CT molecular complexity index is 699. The molecule has 0 aliphatic carbocycles. The Balaban J connectivity index is 2.71. The first-order valence-corrected chi connectivity index (χ1v) is 7.70. The number of hydrogen-bond donors (Lipinski definition) is 2. The van der Waals surface area contributed by atoms with Gasteiger partial charge in [-0.25, -0.2) is 0 Å². The highest BCUT2D eigenvalue weighted by Gasteiger charge is 2.16. The predicted molar refractivity (Wildman–Crippen MR) is 92.9 cm³/mol. The van der Waals surface area contributed by atoms with E-state index in [9.17, 15) is 10.2 Å². The van der Waals surface area contributed by atoms with E-state index in [1.165, 1.54) is 0 Å². The molecule has 0 heterocycles. The maximum absolute atomic E-state index is 10.5. The van der Waals surface area contributed by atoms with Gasteiger partial charge in [-0.1, -0.05) is 55.3 Å². The standard InChI is InChI=1S/C20H24O2/c1-5-6-15-10-16(12-21)20(19(22)11-15)18-9-14(4)7-8-17(18)13(2)3/h7-11,21-22H,2,5-6,12H2,1,3-4H3. The third-order valence-electron chi connectivity index (χ3n) is 3.87. The van der Waals surface area contributed by atoms with Crippen LogP contribution in [-0.2, 0) is 13.0 Å². The molecule has 2 heteroatoms. The second-order valence-corrected chi connectivity index (χ2v) is 5.89. The quantitative estimate of drug-likeness (QED) is 0.828. The molecule has 0 aliphatic rings. The second kappa shape index (κ2) is 6.80. The Kier molecular flexibility index (Phi) is 5.04. The highest BCUT2D eigenvalue weighted by Crippen LogP contribution is 2.38. The molecule has 0 fully saturated rings. The second-order valence-electron chi connectivity index (χ2n) is 5.89. The predicted octanol–water partition coefficient (Wildman–Crippen LogP) is 4.85. The number of phenols is 1. The summed E-state index contributed by atoms with van der Waals surface area (Å²) in [5, 5.41) is 20.3. The molecule has 0 aliphatic heterocycles. The molecule has 2 aromatic carbocycles. The zero-order valence-electron chi connectivity index (χ0n) is 13.6. The number of aliphatic hydroxyl groups is 1. The van der Waals surface area contributed by atoms with Crippen LogP contribution in [0.1, 0.15) is 42.5 Å². The van der Waals surface area contributed by atoms with E-state index in [4.69, 9.17) is 0 Å². The summed E-state index contributed by atoms with van der Waals surface area (Å²) in [4.78, 5) is 0. The zero-order valence-corrected chi connectivity index (χ0v) is 13.6. The van der Waals surface area contributed by atoms with Crippen molar-refractivity contribution in [2.24, 2.45) is 0 Å². The maximum Gasteiger partial charge on any atom is 0.124 e. The van der Waals surface area contributed by atoms with Crippen molar-refractivity contribution >= 4 is 5.57 Å². The molecule has 22 heavy (non-hydrogen) atoms. The van der Waals surface area contributed by atoms with Gasteiger partial charge in [0, 0.05) is 5.56 Å². The molecule has 0 amide bonds. The normalized spacial score (nSPS) is 10.7. The summed E-state index contributed by atoms with van der Waals surface area (Å²) in [6, 6.07) is 9.89. The molecule has 0 aromatic heterocycles. The van der Waals surface area contributed by atoms with Crippen molar-refractivity contribution in [1.82, 2.24) is 0 Å². The fraction of sp³-hybridized carbons (Fsp3) is 0.300. The number of aryl methyl sites for hydroxylation is 2. The minimum Gasteiger partial charge on any atom is -0.507 e. The number of hydrogen-bond acceptors (Lipinski definition) is 2. The molecule has 0 unspecified atom stereocenters. The monoisotopic (exact) mass is 296 g/mol. The lowest BCUT2D eigenvalue weighted by molar-refractivity contribution is 0.281. The summed E-state index contributed by atoms with van der Waals surface area (Å²) in [5.41, 5.74) is 6.51. The van der Waals surface area contributed by atoms with Gasteiger partial charge in [-0.3, -0.25) is 0 Å². The van der Waals surface area contributed by atoms with Gasteiger partial charge in [-0.2, -0.15) is 0 Å². The summed E-state index contributed by atoms with van der Waals surface area (Å²) in [6.45, 7) is 10.0. The highest BCUT2D eigenvalue weighted by molar-refractivity contribution is 5.85. The van der Waals surface area contributed by atoms with Gasteiger partial charge in [0.25, 0.3) is 0 Å². The van der Waals surface area contributed by atoms with Gasteiger partial charge in [-0.15, -0.1) is 0 Å². The fourth-order valence-electron chi connectivity index (χ4n) is 2.86. The van der Waals surface area contributed by atoms with E-state index in [0.717, 1.165) is 46.2 Å². The summed E-state index contributed by atoms with van der Waals surface area (Å²) in [7, 11) is 0. The van der Waals surface area contributed by atoms with Crippen LogP contribution in [0.25, 0.3) is 16.7 Å². The molecule has 0 saturated heterocycles. The Morgan fingerprint density at radius 2 is 1.91 bits per heavy atom. The number of benzene rings is 2. The third-order valence-corrected chi connectivity index (χ3v) is 3.87. The van der Waals surface area contributed by atoms with Gasteiger partial charge in [-0.05, 0) is 48.6 Å². The van der Waals surface area contributed by atoms with Crippen molar-refractivity contribution in [3.63, 3.8) is 0 Å². The molecule has 2 nitrogen and oxygen atoms in total. The van der Waals surface area contributed by atoms with E-state index in [0.29, 0.717) is 5.56 Å². The van der Waals surface area contributed by atoms with Gasteiger partial charge in [0.1, 0.15) is 5.75 Å². The first-order chi connectivity index (χ1) is 10.5. The number of aromatic hydroxyl groups is 1. The topological polar surface area (TPSA) is 40.5 Å². The summed E-state index contributed by atoms with van der Waals surface area (Å²) >= 11 is 0.